The van der Waals surface area contributed by atoms with Crippen LogP contribution in [0.2, 0.25) is 0 Å². The molecule has 1 unspecified atom stereocenters. The van der Waals surface area contributed by atoms with Crippen molar-refractivity contribution in [1.29, 1.82) is 0 Å². The molecule has 1 aromatic heterocycles. The lowest BCUT2D eigenvalue weighted by molar-refractivity contribution is 0.285. The molecule has 1 atom stereocenters. The van der Waals surface area contributed by atoms with Gasteiger partial charge in [0.1, 0.15) is 9.39 Å². The van der Waals surface area contributed by atoms with Gasteiger partial charge in [0.2, 0.25) is 0 Å². The molecule has 1 heterocycles. The Morgan fingerprint density at radius 1 is 1.67 bits per heavy atom. The molecule has 0 saturated heterocycles. The zero-order chi connectivity index (χ0) is 10.8. The third-order valence-electron chi connectivity index (χ3n) is 3.02. The van der Waals surface area contributed by atoms with Gasteiger partial charge in [0.15, 0.2) is 0 Å². The van der Waals surface area contributed by atoms with Crippen molar-refractivity contribution in [2.45, 2.75) is 32.2 Å². The van der Waals surface area contributed by atoms with Gasteiger partial charge in [0.25, 0.3) is 5.56 Å². The molecule has 82 valence electrons. The Hall–Kier alpha value is -0.590. The van der Waals surface area contributed by atoms with Crippen LogP contribution in [-0.4, -0.2) is 16.0 Å². The molecule has 0 radical (unpaired) electrons. The number of nitrogens with zero attached hydrogens (tertiary/aromatic N) is 1. The van der Waals surface area contributed by atoms with Crippen molar-refractivity contribution >= 4 is 28.4 Å². The second-order valence-corrected chi connectivity index (χ2v) is 5.10. The van der Waals surface area contributed by atoms with Gasteiger partial charge in [0, 0.05) is 6.04 Å². The van der Waals surface area contributed by atoms with Crippen molar-refractivity contribution in [1.82, 2.24) is 9.97 Å². The van der Waals surface area contributed by atoms with Gasteiger partial charge >= 0.3 is 0 Å². The van der Waals surface area contributed by atoms with Crippen LogP contribution in [-0.2, 0) is 0 Å². The van der Waals surface area contributed by atoms with Crippen molar-refractivity contribution in [3.8, 4) is 0 Å². The van der Waals surface area contributed by atoms with E-state index in [1.807, 2.05) is 22.6 Å². The first-order valence-corrected chi connectivity index (χ1v) is 6.26. The summed E-state index contributed by atoms with van der Waals surface area (Å²) in [6.07, 6.45) is 5.35. The lowest BCUT2D eigenvalue weighted by Gasteiger charge is -2.32. The Morgan fingerprint density at radius 2 is 2.40 bits per heavy atom. The Morgan fingerprint density at radius 3 is 3.00 bits per heavy atom. The molecule has 1 fully saturated rings. The molecule has 15 heavy (non-hydrogen) atoms. The molecule has 0 bridgehead atoms. The van der Waals surface area contributed by atoms with E-state index in [2.05, 4.69) is 22.2 Å². The highest BCUT2D eigenvalue weighted by Gasteiger charge is 2.24. The standard InChI is InChI=1S/C10H14IN3O/c1-6(7-3-2-4-7)14-9-8(11)10(15)13-5-12-9/h5-7H,2-4H2,1H3,(H2,12,13,14,15). The molecule has 2 N–H and O–H groups in total. The predicted octanol–water partition coefficient (Wildman–Crippen LogP) is 1.97. The maximum Gasteiger partial charge on any atom is 0.266 e. The second-order valence-electron chi connectivity index (χ2n) is 4.02. The van der Waals surface area contributed by atoms with Crippen LogP contribution in [0, 0.1) is 9.49 Å². The average molecular weight is 319 g/mol. The number of halogens is 1. The zero-order valence-corrected chi connectivity index (χ0v) is 10.7. The molecule has 0 aliphatic heterocycles. The molecule has 5 heteroatoms. The van der Waals surface area contributed by atoms with Gasteiger partial charge in [-0.2, -0.15) is 0 Å². The van der Waals surface area contributed by atoms with Gasteiger partial charge in [0.05, 0.1) is 6.33 Å². The summed E-state index contributed by atoms with van der Waals surface area (Å²) in [7, 11) is 0. The number of anilines is 1. The van der Waals surface area contributed by atoms with Gasteiger partial charge < -0.3 is 10.3 Å². The Bertz CT molecular complexity index is 400. The minimum absolute atomic E-state index is 0.0751. The van der Waals surface area contributed by atoms with E-state index in [-0.39, 0.29) is 5.56 Å². The Labute approximate surface area is 102 Å². The highest BCUT2D eigenvalue weighted by Crippen LogP contribution is 2.30. The first-order chi connectivity index (χ1) is 7.18. The zero-order valence-electron chi connectivity index (χ0n) is 8.59. The van der Waals surface area contributed by atoms with Crippen molar-refractivity contribution in [2.75, 3.05) is 5.32 Å². The van der Waals surface area contributed by atoms with E-state index in [1.165, 1.54) is 25.6 Å². The molecule has 1 saturated carbocycles. The molecular formula is C10H14IN3O. The first-order valence-electron chi connectivity index (χ1n) is 5.18. The maximum absolute atomic E-state index is 11.3. The van der Waals surface area contributed by atoms with Gasteiger partial charge in [-0.1, -0.05) is 6.42 Å². The molecule has 0 aromatic carbocycles. The molecular weight excluding hydrogens is 305 g/mol. The molecule has 4 nitrogen and oxygen atoms in total. The summed E-state index contributed by atoms with van der Waals surface area (Å²) >= 11 is 2.02. The highest BCUT2D eigenvalue weighted by atomic mass is 127. The van der Waals surface area contributed by atoms with Crippen molar-refractivity contribution in [2.24, 2.45) is 5.92 Å². The van der Waals surface area contributed by atoms with E-state index >= 15 is 0 Å². The van der Waals surface area contributed by atoms with Crippen LogP contribution in [0.3, 0.4) is 0 Å². The predicted molar refractivity (Wildman–Crippen MR) is 68.0 cm³/mol. The fraction of sp³-hybridized carbons (Fsp3) is 0.600. The summed E-state index contributed by atoms with van der Waals surface area (Å²) in [5, 5.41) is 3.31. The summed E-state index contributed by atoms with van der Waals surface area (Å²) in [6, 6.07) is 0.404. The van der Waals surface area contributed by atoms with Crippen molar-refractivity contribution in [3.63, 3.8) is 0 Å². The summed E-state index contributed by atoms with van der Waals surface area (Å²) in [4.78, 5) is 18.0. The van der Waals surface area contributed by atoms with E-state index in [1.54, 1.807) is 0 Å². The molecule has 0 amide bonds. The van der Waals surface area contributed by atoms with Gasteiger partial charge in [-0.05, 0) is 48.3 Å². The van der Waals surface area contributed by atoms with Gasteiger partial charge in [-0.3, -0.25) is 4.79 Å². The van der Waals surface area contributed by atoms with E-state index in [4.69, 9.17) is 0 Å². The second kappa shape index (κ2) is 4.51. The summed E-state index contributed by atoms with van der Waals surface area (Å²) in [6.45, 7) is 2.16. The van der Waals surface area contributed by atoms with Crippen LogP contribution in [0.1, 0.15) is 26.2 Å². The van der Waals surface area contributed by atoms with Crippen LogP contribution in [0.25, 0.3) is 0 Å². The van der Waals surface area contributed by atoms with Crippen LogP contribution in [0.5, 0.6) is 0 Å². The van der Waals surface area contributed by atoms with Gasteiger partial charge in [-0.15, -0.1) is 0 Å². The molecule has 1 aromatic rings. The summed E-state index contributed by atoms with van der Waals surface area (Å²) in [5.41, 5.74) is -0.0751. The topological polar surface area (TPSA) is 57.8 Å². The summed E-state index contributed by atoms with van der Waals surface area (Å²) < 4.78 is 0.640. The number of rotatable bonds is 3. The minimum Gasteiger partial charge on any atom is -0.366 e. The highest BCUT2D eigenvalue weighted by molar-refractivity contribution is 14.1. The van der Waals surface area contributed by atoms with Crippen LogP contribution in [0.15, 0.2) is 11.1 Å². The van der Waals surface area contributed by atoms with Crippen molar-refractivity contribution < 1.29 is 0 Å². The molecule has 1 aliphatic carbocycles. The average Bonchev–Trinajstić information content (AvgIpc) is 2.10. The fourth-order valence-electron chi connectivity index (χ4n) is 1.76. The van der Waals surface area contributed by atoms with E-state index in [9.17, 15) is 4.79 Å². The van der Waals surface area contributed by atoms with E-state index in [0.29, 0.717) is 15.4 Å². The van der Waals surface area contributed by atoms with E-state index in [0.717, 1.165) is 5.92 Å². The van der Waals surface area contributed by atoms with Gasteiger partial charge in [-0.25, -0.2) is 4.98 Å². The third kappa shape index (κ3) is 2.32. The minimum atomic E-state index is -0.0751. The maximum atomic E-state index is 11.3. The normalized spacial score (nSPS) is 18.3. The number of aromatic nitrogens is 2. The lowest BCUT2D eigenvalue weighted by Crippen LogP contribution is -2.32. The number of aromatic amines is 1. The number of hydrogen-bond donors (Lipinski definition) is 2. The largest absolute Gasteiger partial charge is 0.366 e. The smallest absolute Gasteiger partial charge is 0.266 e. The Balaban J connectivity index is 2.09. The lowest BCUT2D eigenvalue weighted by atomic mass is 9.80. The molecule has 2 rings (SSSR count). The van der Waals surface area contributed by atoms with Crippen LogP contribution in [0.4, 0.5) is 5.82 Å². The molecule has 0 spiro atoms. The van der Waals surface area contributed by atoms with Crippen LogP contribution >= 0.6 is 22.6 Å². The number of hydrogen-bond acceptors (Lipinski definition) is 3. The first kappa shape index (κ1) is 10.9. The third-order valence-corrected chi connectivity index (χ3v) is 4.02. The quantitative estimate of drug-likeness (QED) is 0.838. The van der Waals surface area contributed by atoms with E-state index < -0.39 is 0 Å². The number of H-pyrrole nitrogens is 1. The van der Waals surface area contributed by atoms with Crippen molar-refractivity contribution in [3.05, 3.63) is 20.3 Å². The number of nitrogens with one attached hydrogen (secondary N) is 2. The fourth-order valence-corrected chi connectivity index (χ4v) is 2.21. The monoisotopic (exact) mass is 319 g/mol. The SMILES string of the molecule is CC(Nc1nc[nH]c(=O)c1I)C1CCC1. The Kier molecular flexibility index (Phi) is 3.28. The summed E-state index contributed by atoms with van der Waals surface area (Å²) in [5.74, 6) is 1.45. The van der Waals surface area contributed by atoms with Crippen LogP contribution < -0.4 is 10.9 Å². The molecule has 1 aliphatic rings.